The van der Waals surface area contributed by atoms with Gasteiger partial charge < -0.3 is 10.1 Å². The average molecular weight is 489 g/mol. The van der Waals surface area contributed by atoms with Crippen LogP contribution in [0.15, 0.2) is 64.6 Å². The molecule has 1 aliphatic heterocycles. The van der Waals surface area contributed by atoms with Crippen molar-refractivity contribution in [3.63, 3.8) is 0 Å². The lowest BCUT2D eigenvalue weighted by Crippen LogP contribution is -2.26. The first kappa shape index (κ1) is 23.2. The Balaban J connectivity index is 1.38. The number of amides is 1. The van der Waals surface area contributed by atoms with Gasteiger partial charge in [-0.2, -0.15) is 0 Å². The predicted octanol–water partition coefficient (Wildman–Crippen LogP) is 2.41. The van der Waals surface area contributed by atoms with Crippen LogP contribution in [-0.4, -0.2) is 60.0 Å². The van der Waals surface area contributed by atoms with Gasteiger partial charge in [-0.1, -0.05) is 36.0 Å². The molecule has 10 nitrogen and oxygen atoms in total. The van der Waals surface area contributed by atoms with Gasteiger partial charge in [-0.15, -0.1) is 5.10 Å². The average Bonchev–Trinajstić information content (AvgIpc) is 3.50. The molecule has 1 unspecified atom stereocenters. The van der Waals surface area contributed by atoms with E-state index >= 15 is 0 Å². The number of tetrazole rings is 1. The van der Waals surface area contributed by atoms with E-state index in [2.05, 4.69) is 20.8 Å². The summed E-state index contributed by atoms with van der Waals surface area (Å²) in [5, 5.41) is 14.9. The van der Waals surface area contributed by atoms with Crippen LogP contribution < -0.4 is 9.62 Å². The summed E-state index contributed by atoms with van der Waals surface area (Å²) in [6, 6.07) is 15.0. The lowest BCUT2D eigenvalue weighted by molar-refractivity contribution is -0.113. The van der Waals surface area contributed by atoms with E-state index in [1.807, 2.05) is 6.07 Å². The molecule has 1 aromatic heterocycles. The Kier molecular flexibility index (Phi) is 7.26. The zero-order valence-corrected chi connectivity index (χ0v) is 19.6. The van der Waals surface area contributed by atoms with Crippen molar-refractivity contribution in [2.24, 2.45) is 0 Å². The number of anilines is 2. The topological polar surface area (TPSA) is 119 Å². The van der Waals surface area contributed by atoms with Crippen LogP contribution in [0.1, 0.15) is 12.8 Å². The van der Waals surface area contributed by atoms with Crippen molar-refractivity contribution < 1.29 is 17.9 Å². The number of hydrogen-bond donors (Lipinski definition) is 1. The third kappa shape index (κ3) is 5.70. The lowest BCUT2D eigenvalue weighted by Gasteiger charge is -2.19. The molecule has 0 saturated carbocycles. The second kappa shape index (κ2) is 10.3. The molecule has 0 aliphatic carbocycles. The maximum atomic E-state index is 13.0. The van der Waals surface area contributed by atoms with E-state index in [1.54, 1.807) is 41.1 Å². The fourth-order valence-corrected chi connectivity index (χ4v) is 5.32. The predicted molar refractivity (Wildman–Crippen MR) is 125 cm³/mol. The molecule has 33 heavy (non-hydrogen) atoms. The molecule has 0 spiro atoms. The molecule has 12 heteroatoms. The number of carbonyl (C=O) groups excluding carboxylic acids is 1. The van der Waals surface area contributed by atoms with Crippen LogP contribution in [0.5, 0.6) is 0 Å². The second-order valence-electron chi connectivity index (χ2n) is 7.45. The number of para-hydroxylation sites is 1. The molecule has 1 N–H and O–H groups in total. The van der Waals surface area contributed by atoms with Crippen molar-refractivity contribution in [1.29, 1.82) is 0 Å². The van der Waals surface area contributed by atoms with Gasteiger partial charge in [0.15, 0.2) is 0 Å². The fraction of sp³-hybridized carbons (Fsp3) is 0.333. The Morgan fingerprint density at radius 2 is 2.06 bits per heavy atom. The highest BCUT2D eigenvalue weighted by molar-refractivity contribution is 7.99. The number of aromatic nitrogens is 4. The molecule has 2 aromatic carbocycles. The van der Waals surface area contributed by atoms with E-state index in [4.69, 9.17) is 4.74 Å². The second-order valence-corrected chi connectivity index (χ2v) is 10.4. The van der Waals surface area contributed by atoms with Crippen molar-refractivity contribution in [2.45, 2.75) is 35.5 Å². The van der Waals surface area contributed by atoms with Crippen molar-refractivity contribution >= 4 is 39.1 Å². The normalized spacial score (nSPS) is 16.0. The Morgan fingerprint density at radius 1 is 1.24 bits per heavy atom. The fourth-order valence-electron chi connectivity index (χ4n) is 3.39. The van der Waals surface area contributed by atoms with Crippen LogP contribution in [0.2, 0.25) is 0 Å². The molecule has 1 saturated heterocycles. The maximum absolute atomic E-state index is 13.0. The summed E-state index contributed by atoms with van der Waals surface area (Å²) in [4.78, 5) is 12.6. The number of rotatable bonds is 9. The molecule has 4 rings (SSSR count). The minimum atomic E-state index is -3.78. The van der Waals surface area contributed by atoms with Crippen LogP contribution in [0.4, 0.5) is 11.4 Å². The molecule has 174 valence electrons. The van der Waals surface area contributed by atoms with Gasteiger partial charge in [-0.3, -0.25) is 9.10 Å². The van der Waals surface area contributed by atoms with E-state index in [9.17, 15) is 13.2 Å². The Morgan fingerprint density at radius 3 is 2.82 bits per heavy atom. The SMILES string of the molecule is CN(c1ccccc1)S(=O)(=O)c1cccc(NC(=O)CSc2nnnn2CC2CCCO2)c1. The molecule has 0 bridgehead atoms. The smallest absolute Gasteiger partial charge is 0.264 e. The van der Waals surface area contributed by atoms with Crippen LogP contribution in [-0.2, 0) is 26.1 Å². The molecule has 1 fully saturated rings. The largest absolute Gasteiger partial charge is 0.376 e. The minimum Gasteiger partial charge on any atom is -0.376 e. The van der Waals surface area contributed by atoms with Gasteiger partial charge in [0.25, 0.3) is 10.0 Å². The van der Waals surface area contributed by atoms with Gasteiger partial charge in [0.2, 0.25) is 11.1 Å². The molecule has 2 heterocycles. The molecule has 1 aliphatic rings. The monoisotopic (exact) mass is 488 g/mol. The number of hydrogen-bond acceptors (Lipinski definition) is 8. The molecule has 0 radical (unpaired) electrons. The van der Waals surface area contributed by atoms with Crippen molar-refractivity contribution in [2.75, 3.05) is 29.0 Å². The Hall–Kier alpha value is -2.96. The van der Waals surface area contributed by atoms with E-state index in [-0.39, 0.29) is 22.7 Å². The number of ether oxygens (including phenoxy) is 1. The highest BCUT2D eigenvalue weighted by Crippen LogP contribution is 2.24. The van der Waals surface area contributed by atoms with Gasteiger partial charge in [0, 0.05) is 19.3 Å². The molecular weight excluding hydrogens is 464 g/mol. The molecule has 3 aromatic rings. The first-order chi connectivity index (χ1) is 15.9. The highest BCUT2D eigenvalue weighted by atomic mass is 32.2. The number of sulfonamides is 1. The first-order valence-electron chi connectivity index (χ1n) is 10.4. The van der Waals surface area contributed by atoms with Gasteiger partial charge in [0.05, 0.1) is 29.0 Å². The lowest BCUT2D eigenvalue weighted by atomic mass is 10.2. The maximum Gasteiger partial charge on any atom is 0.264 e. The number of thioether (sulfide) groups is 1. The van der Waals surface area contributed by atoms with Crippen molar-refractivity contribution in [3.05, 3.63) is 54.6 Å². The summed E-state index contributed by atoms with van der Waals surface area (Å²) in [7, 11) is -2.29. The summed E-state index contributed by atoms with van der Waals surface area (Å²) in [5.41, 5.74) is 0.936. The molecular formula is C21H24N6O4S2. The Bertz CT molecular complexity index is 1200. The van der Waals surface area contributed by atoms with E-state index in [0.717, 1.165) is 19.4 Å². The zero-order valence-electron chi connectivity index (χ0n) is 18.0. The summed E-state index contributed by atoms with van der Waals surface area (Å²) in [6.45, 7) is 1.29. The van der Waals surface area contributed by atoms with Gasteiger partial charge >= 0.3 is 0 Å². The van der Waals surface area contributed by atoms with Crippen LogP contribution in [0, 0.1) is 0 Å². The van der Waals surface area contributed by atoms with Crippen molar-refractivity contribution in [3.8, 4) is 0 Å². The number of nitrogens with one attached hydrogen (secondary N) is 1. The number of carbonyl (C=O) groups is 1. The van der Waals surface area contributed by atoms with Crippen LogP contribution >= 0.6 is 11.8 Å². The number of nitrogens with zero attached hydrogens (tertiary/aromatic N) is 5. The van der Waals surface area contributed by atoms with Gasteiger partial charge in [-0.25, -0.2) is 13.1 Å². The summed E-state index contributed by atoms with van der Waals surface area (Å²) in [6.07, 6.45) is 2.07. The molecule has 1 amide bonds. The third-order valence-electron chi connectivity index (χ3n) is 5.13. The van der Waals surface area contributed by atoms with Crippen LogP contribution in [0.3, 0.4) is 0 Å². The number of benzene rings is 2. The summed E-state index contributed by atoms with van der Waals surface area (Å²) >= 11 is 1.21. The first-order valence-corrected chi connectivity index (χ1v) is 12.8. The van der Waals surface area contributed by atoms with E-state index in [0.29, 0.717) is 23.1 Å². The van der Waals surface area contributed by atoms with Crippen molar-refractivity contribution in [1.82, 2.24) is 20.2 Å². The third-order valence-corrected chi connectivity index (χ3v) is 7.87. The molecule has 1 atom stereocenters. The van der Waals surface area contributed by atoms with Gasteiger partial charge in [-0.05, 0) is 53.6 Å². The van der Waals surface area contributed by atoms with Gasteiger partial charge in [0.1, 0.15) is 0 Å². The standard InChI is InChI=1S/C21H24N6O4S2/c1-26(17-8-3-2-4-9-17)33(29,30)19-11-5-7-16(13-19)22-20(28)15-32-21-23-24-25-27(21)14-18-10-6-12-31-18/h2-5,7-9,11,13,18H,6,10,12,14-15H2,1H3,(H,22,28). The zero-order chi connectivity index (χ0) is 23.3. The Labute approximate surface area is 196 Å². The highest BCUT2D eigenvalue weighted by Gasteiger charge is 2.22. The van der Waals surface area contributed by atoms with Crippen LogP contribution in [0.25, 0.3) is 0 Å². The van der Waals surface area contributed by atoms with E-state index < -0.39 is 10.0 Å². The quantitative estimate of drug-likeness (QED) is 0.456. The minimum absolute atomic E-state index is 0.0762. The van der Waals surface area contributed by atoms with E-state index in [1.165, 1.54) is 35.2 Å². The summed E-state index contributed by atoms with van der Waals surface area (Å²) < 4.78 is 34.5. The summed E-state index contributed by atoms with van der Waals surface area (Å²) in [5.74, 6) is -0.218.